The zero-order valence-electron chi connectivity index (χ0n) is 8.45. The van der Waals surface area contributed by atoms with Gasteiger partial charge < -0.3 is 15.3 Å². The summed E-state index contributed by atoms with van der Waals surface area (Å²) in [6.45, 7) is 1.93. The third-order valence-electron chi connectivity index (χ3n) is 3.01. The van der Waals surface area contributed by atoms with Gasteiger partial charge in [0, 0.05) is 5.54 Å². The number of hydrogen-bond donors (Lipinski definition) is 3. The summed E-state index contributed by atoms with van der Waals surface area (Å²) in [6.07, 6.45) is 1.64. The Kier molecular flexibility index (Phi) is 2.40. The first-order valence-electron chi connectivity index (χ1n) is 4.98. The van der Waals surface area contributed by atoms with Gasteiger partial charge in [0.25, 0.3) is 0 Å². The fourth-order valence-corrected chi connectivity index (χ4v) is 1.84. The Bertz CT molecular complexity index is 300. The summed E-state index contributed by atoms with van der Waals surface area (Å²) in [5, 5.41) is 12.1. The van der Waals surface area contributed by atoms with Crippen molar-refractivity contribution in [1.29, 1.82) is 0 Å². The Balaban J connectivity index is 1.98. The molecule has 0 spiro atoms. The molecule has 0 bridgehead atoms. The van der Waals surface area contributed by atoms with Crippen LogP contribution in [0.2, 0.25) is 0 Å². The van der Waals surface area contributed by atoms with Crippen molar-refractivity contribution < 1.29 is 19.5 Å². The summed E-state index contributed by atoms with van der Waals surface area (Å²) in [6, 6.07) is 0. The molecule has 1 aliphatic heterocycles. The van der Waals surface area contributed by atoms with E-state index in [4.69, 9.17) is 0 Å². The lowest BCUT2D eigenvalue weighted by Crippen LogP contribution is -2.54. The van der Waals surface area contributed by atoms with Gasteiger partial charge in [-0.05, 0) is 26.2 Å². The van der Waals surface area contributed by atoms with E-state index in [0.717, 1.165) is 19.3 Å². The first kappa shape index (κ1) is 10.4. The molecule has 0 aromatic carbocycles. The molecule has 1 saturated carbocycles. The number of carbonyl (C=O) groups excluding carboxylic acids is 2. The van der Waals surface area contributed by atoms with Crippen molar-refractivity contribution in [3.63, 3.8) is 0 Å². The summed E-state index contributed by atoms with van der Waals surface area (Å²) in [7, 11) is 0. The molecule has 2 aliphatic rings. The van der Waals surface area contributed by atoms with Gasteiger partial charge in [-0.25, -0.2) is 4.79 Å². The highest BCUT2D eigenvalue weighted by Crippen LogP contribution is 2.31. The zero-order chi connectivity index (χ0) is 11.1. The minimum absolute atomic E-state index is 0.223. The lowest BCUT2D eigenvalue weighted by molar-refractivity contribution is -0.148. The molecule has 2 atom stereocenters. The van der Waals surface area contributed by atoms with E-state index >= 15 is 0 Å². The molecule has 0 aromatic heterocycles. The Morgan fingerprint density at radius 2 is 2.33 bits per heavy atom. The first-order valence-corrected chi connectivity index (χ1v) is 4.98. The fraction of sp³-hybridized carbons (Fsp3) is 0.778. The second-order valence-electron chi connectivity index (χ2n) is 4.36. The van der Waals surface area contributed by atoms with Crippen LogP contribution in [0.1, 0.15) is 26.2 Å². The van der Waals surface area contributed by atoms with Crippen molar-refractivity contribution in [3.05, 3.63) is 0 Å². The lowest BCUT2D eigenvalue weighted by Gasteiger charge is -2.39. The van der Waals surface area contributed by atoms with E-state index in [0.29, 0.717) is 0 Å². The second kappa shape index (κ2) is 3.46. The average Bonchev–Trinajstić information content (AvgIpc) is 2.43. The van der Waals surface area contributed by atoms with E-state index in [1.807, 2.05) is 6.92 Å². The minimum atomic E-state index is -1.25. The molecule has 1 amide bonds. The van der Waals surface area contributed by atoms with Gasteiger partial charge in [-0.3, -0.25) is 4.79 Å². The van der Waals surface area contributed by atoms with E-state index < -0.39 is 24.0 Å². The van der Waals surface area contributed by atoms with Gasteiger partial charge in [0.15, 0.2) is 12.1 Å². The maximum Gasteiger partial charge on any atom is 0.341 e. The van der Waals surface area contributed by atoms with Crippen LogP contribution in [0.4, 0.5) is 0 Å². The molecule has 3 N–H and O–H groups in total. The molecule has 0 radical (unpaired) electrons. The monoisotopic (exact) mass is 214 g/mol. The van der Waals surface area contributed by atoms with Gasteiger partial charge in [0.1, 0.15) is 0 Å². The second-order valence-corrected chi connectivity index (χ2v) is 4.36. The SMILES string of the molecule is CC1(NC(=O)C2C(=O)ONC2O)CCC1. The number of rotatable bonds is 2. The maximum absolute atomic E-state index is 11.7. The minimum Gasteiger partial charge on any atom is -0.374 e. The highest BCUT2D eigenvalue weighted by molar-refractivity contribution is 5.99. The molecule has 1 saturated heterocycles. The molecule has 6 heteroatoms. The van der Waals surface area contributed by atoms with Gasteiger partial charge >= 0.3 is 5.97 Å². The van der Waals surface area contributed by atoms with Crippen molar-refractivity contribution >= 4 is 11.9 Å². The molecular formula is C9H14N2O4. The lowest BCUT2D eigenvalue weighted by atomic mass is 9.78. The van der Waals surface area contributed by atoms with E-state index in [1.165, 1.54) is 0 Å². The molecule has 6 nitrogen and oxygen atoms in total. The largest absolute Gasteiger partial charge is 0.374 e. The van der Waals surface area contributed by atoms with Gasteiger partial charge in [0.2, 0.25) is 5.91 Å². The van der Waals surface area contributed by atoms with Gasteiger partial charge in [0.05, 0.1) is 0 Å². The third-order valence-corrected chi connectivity index (χ3v) is 3.01. The number of aliphatic hydroxyl groups excluding tert-OH is 1. The molecule has 15 heavy (non-hydrogen) atoms. The van der Waals surface area contributed by atoms with Crippen LogP contribution in [-0.4, -0.2) is 28.7 Å². The van der Waals surface area contributed by atoms with Crippen LogP contribution in [0.25, 0.3) is 0 Å². The standard InChI is InChI=1S/C9H14N2O4/c1-9(3-2-4-9)10-6(12)5-7(13)11-15-8(5)14/h5,7,11,13H,2-4H2,1H3,(H,10,12). The Morgan fingerprint density at radius 1 is 1.67 bits per heavy atom. The predicted molar refractivity (Wildman–Crippen MR) is 49.1 cm³/mol. The van der Waals surface area contributed by atoms with Crippen LogP contribution >= 0.6 is 0 Å². The summed E-state index contributed by atoms with van der Waals surface area (Å²) >= 11 is 0. The number of nitrogens with one attached hydrogen (secondary N) is 2. The van der Waals surface area contributed by atoms with Crippen LogP contribution in [-0.2, 0) is 14.4 Å². The van der Waals surface area contributed by atoms with Crippen LogP contribution in [0.15, 0.2) is 0 Å². The van der Waals surface area contributed by atoms with Crippen molar-refractivity contribution in [2.24, 2.45) is 5.92 Å². The van der Waals surface area contributed by atoms with Crippen LogP contribution in [0.3, 0.4) is 0 Å². The average molecular weight is 214 g/mol. The van der Waals surface area contributed by atoms with Crippen LogP contribution in [0, 0.1) is 5.92 Å². The number of carbonyl (C=O) groups is 2. The topological polar surface area (TPSA) is 87.7 Å². The fourth-order valence-electron chi connectivity index (χ4n) is 1.84. The normalized spacial score (nSPS) is 33.1. The van der Waals surface area contributed by atoms with Crippen LogP contribution in [0.5, 0.6) is 0 Å². The number of amides is 1. The van der Waals surface area contributed by atoms with Crippen molar-refractivity contribution in [3.8, 4) is 0 Å². The van der Waals surface area contributed by atoms with Crippen LogP contribution < -0.4 is 10.8 Å². The van der Waals surface area contributed by atoms with Gasteiger partial charge in [-0.2, -0.15) is 0 Å². The van der Waals surface area contributed by atoms with Crippen molar-refractivity contribution in [2.75, 3.05) is 0 Å². The number of hydrogen-bond acceptors (Lipinski definition) is 5. The van der Waals surface area contributed by atoms with Crippen molar-refractivity contribution in [2.45, 2.75) is 38.0 Å². The predicted octanol–water partition coefficient (Wildman–Crippen LogP) is -0.959. The number of aliphatic hydroxyl groups is 1. The number of hydroxylamine groups is 1. The van der Waals surface area contributed by atoms with Gasteiger partial charge in [-0.1, -0.05) is 0 Å². The highest BCUT2D eigenvalue weighted by atomic mass is 16.7. The summed E-state index contributed by atoms with van der Waals surface area (Å²) < 4.78 is 0. The molecule has 1 aliphatic carbocycles. The summed E-state index contributed by atoms with van der Waals surface area (Å²) in [4.78, 5) is 27.1. The highest BCUT2D eigenvalue weighted by Gasteiger charge is 2.44. The summed E-state index contributed by atoms with van der Waals surface area (Å²) in [5.74, 6) is -2.36. The van der Waals surface area contributed by atoms with E-state index in [9.17, 15) is 14.7 Å². The Hall–Kier alpha value is -1.14. The molecule has 84 valence electrons. The molecular weight excluding hydrogens is 200 g/mol. The molecule has 1 heterocycles. The van der Waals surface area contributed by atoms with Crippen molar-refractivity contribution in [1.82, 2.24) is 10.8 Å². The van der Waals surface area contributed by atoms with Gasteiger partial charge in [-0.15, -0.1) is 5.48 Å². The molecule has 2 fully saturated rings. The Labute approximate surface area is 86.9 Å². The summed E-state index contributed by atoms with van der Waals surface area (Å²) in [5.41, 5.74) is 1.84. The molecule has 0 aromatic rings. The van der Waals surface area contributed by atoms with E-state index in [-0.39, 0.29) is 5.54 Å². The van der Waals surface area contributed by atoms with E-state index in [1.54, 1.807) is 0 Å². The van der Waals surface area contributed by atoms with E-state index in [2.05, 4.69) is 15.6 Å². The zero-order valence-corrected chi connectivity index (χ0v) is 8.45. The smallest absolute Gasteiger partial charge is 0.341 e. The molecule has 2 rings (SSSR count). The third kappa shape index (κ3) is 1.82. The maximum atomic E-state index is 11.7. The first-order chi connectivity index (χ1) is 7.02. The quantitative estimate of drug-likeness (QED) is 0.515. The Morgan fingerprint density at radius 3 is 2.73 bits per heavy atom. The molecule has 2 unspecified atom stereocenters.